The van der Waals surface area contributed by atoms with E-state index in [0.717, 1.165) is 6.07 Å². The molecule has 0 unspecified atom stereocenters. The number of rotatable bonds is 2. The Kier molecular flexibility index (Phi) is 2.47. The minimum absolute atomic E-state index is 0.622. The summed E-state index contributed by atoms with van der Waals surface area (Å²) in [5, 5.41) is 10.2. The summed E-state index contributed by atoms with van der Waals surface area (Å²) in [5.74, 6) is -1.39. The van der Waals surface area contributed by atoms with Gasteiger partial charge in [0.15, 0.2) is 4.90 Å². The van der Waals surface area contributed by atoms with Crippen molar-refractivity contribution in [1.82, 2.24) is 0 Å². The van der Waals surface area contributed by atoms with Gasteiger partial charge in [0.1, 0.15) is 0 Å². The summed E-state index contributed by atoms with van der Waals surface area (Å²) >= 11 is 0. The molecule has 0 saturated carbocycles. The molecule has 0 heterocycles. The van der Waals surface area contributed by atoms with Gasteiger partial charge in [0.25, 0.3) is 0 Å². The van der Waals surface area contributed by atoms with Gasteiger partial charge in [-0.2, -0.15) is 12.8 Å². The molecule has 0 aliphatic rings. The second-order valence-electron chi connectivity index (χ2n) is 2.28. The first-order chi connectivity index (χ1) is 6.34. The maximum absolute atomic E-state index is 12.8. The third-order valence-electron chi connectivity index (χ3n) is 1.40. The molecule has 0 saturated heterocycles. The topological polar surface area (TPSA) is 77.3 Å². The van der Waals surface area contributed by atoms with Gasteiger partial charge >= 0.3 is 15.9 Å². The number of para-hydroxylation sites is 1. The maximum atomic E-state index is 12.8. The molecule has 1 rings (SSSR count). The number of nitro groups is 1. The number of hydrogen-bond acceptors (Lipinski definition) is 4. The van der Waals surface area contributed by atoms with Crippen LogP contribution in [0, 0.1) is 15.9 Å². The highest BCUT2D eigenvalue weighted by Gasteiger charge is 2.28. The van der Waals surface area contributed by atoms with E-state index in [1.54, 1.807) is 0 Å². The SMILES string of the molecule is O=[N+]([O-])c1c(F)cccc1S(=O)(=O)F. The fraction of sp³-hybridized carbons (Fsp3) is 0. The van der Waals surface area contributed by atoms with Gasteiger partial charge in [-0.1, -0.05) is 6.07 Å². The van der Waals surface area contributed by atoms with Crippen LogP contribution in [0.3, 0.4) is 0 Å². The van der Waals surface area contributed by atoms with E-state index in [1.165, 1.54) is 0 Å². The predicted octanol–water partition coefficient (Wildman–Crippen LogP) is 1.39. The standard InChI is InChI=1S/C6H3F2NO4S/c7-4-2-1-3-5(14(8,12)13)6(4)9(10)11/h1-3H. The summed E-state index contributed by atoms with van der Waals surface area (Å²) in [4.78, 5) is 7.66. The van der Waals surface area contributed by atoms with E-state index in [2.05, 4.69) is 0 Å². The number of hydrogen-bond donors (Lipinski definition) is 0. The fourth-order valence-electron chi connectivity index (χ4n) is 0.869. The average Bonchev–Trinajstić information content (AvgIpc) is 2.01. The summed E-state index contributed by atoms with van der Waals surface area (Å²) in [6, 6.07) is 2.16. The molecule has 0 radical (unpaired) electrons. The number of nitrogens with zero attached hydrogens (tertiary/aromatic N) is 1. The average molecular weight is 223 g/mol. The zero-order chi connectivity index (χ0) is 10.9. The van der Waals surface area contributed by atoms with Gasteiger partial charge in [0.2, 0.25) is 5.82 Å². The van der Waals surface area contributed by atoms with Crippen LogP contribution in [0.5, 0.6) is 0 Å². The first kappa shape index (κ1) is 10.5. The molecule has 0 aliphatic heterocycles. The van der Waals surface area contributed by atoms with Crippen molar-refractivity contribution in [3.63, 3.8) is 0 Å². The minimum atomic E-state index is -5.28. The lowest BCUT2D eigenvalue weighted by molar-refractivity contribution is -0.390. The quantitative estimate of drug-likeness (QED) is 0.431. The van der Waals surface area contributed by atoms with Crippen molar-refractivity contribution in [2.75, 3.05) is 0 Å². The van der Waals surface area contributed by atoms with Crippen LogP contribution in [0.15, 0.2) is 23.1 Å². The van der Waals surface area contributed by atoms with E-state index in [1.807, 2.05) is 0 Å². The smallest absolute Gasteiger partial charge is 0.258 e. The Bertz CT molecular complexity index is 485. The normalized spacial score (nSPS) is 11.3. The van der Waals surface area contributed by atoms with Crippen LogP contribution in [-0.4, -0.2) is 13.3 Å². The molecule has 76 valence electrons. The monoisotopic (exact) mass is 223 g/mol. The molecule has 1 aromatic carbocycles. The molecule has 0 aliphatic carbocycles. The van der Waals surface area contributed by atoms with E-state index in [0.29, 0.717) is 12.1 Å². The largest absolute Gasteiger partial charge is 0.339 e. The lowest BCUT2D eigenvalue weighted by atomic mass is 10.3. The summed E-state index contributed by atoms with van der Waals surface area (Å²) in [6.45, 7) is 0. The fourth-order valence-corrected chi connectivity index (χ4v) is 1.51. The van der Waals surface area contributed by atoms with Gasteiger partial charge in [-0.05, 0) is 12.1 Å². The second kappa shape index (κ2) is 3.29. The third kappa shape index (κ3) is 1.84. The molecule has 0 atom stereocenters. The number of benzene rings is 1. The minimum Gasteiger partial charge on any atom is -0.258 e. The Balaban J connectivity index is 3.61. The van der Waals surface area contributed by atoms with Gasteiger partial charge in [-0.25, -0.2) is 0 Å². The molecule has 5 nitrogen and oxygen atoms in total. The highest BCUT2D eigenvalue weighted by Crippen LogP contribution is 2.27. The molecule has 1 aromatic rings. The van der Waals surface area contributed by atoms with Crippen LogP contribution in [0.25, 0.3) is 0 Å². The molecule has 0 spiro atoms. The molecule has 0 fully saturated rings. The van der Waals surface area contributed by atoms with Crippen LogP contribution >= 0.6 is 0 Å². The van der Waals surface area contributed by atoms with Crippen molar-refractivity contribution in [3.8, 4) is 0 Å². The Hall–Kier alpha value is -1.57. The van der Waals surface area contributed by atoms with E-state index in [4.69, 9.17) is 0 Å². The van der Waals surface area contributed by atoms with E-state index in [9.17, 15) is 26.8 Å². The molecule has 0 aromatic heterocycles. The predicted molar refractivity (Wildman–Crippen MR) is 41.3 cm³/mol. The van der Waals surface area contributed by atoms with Crippen LogP contribution < -0.4 is 0 Å². The van der Waals surface area contributed by atoms with Crippen LogP contribution in [0.1, 0.15) is 0 Å². The molecule has 0 bridgehead atoms. The Morgan fingerprint density at radius 2 is 1.93 bits per heavy atom. The van der Waals surface area contributed by atoms with Crippen molar-refractivity contribution in [2.45, 2.75) is 4.90 Å². The van der Waals surface area contributed by atoms with Crippen molar-refractivity contribution >= 4 is 15.9 Å². The molecule has 0 N–H and O–H groups in total. The first-order valence-electron chi connectivity index (χ1n) is 3.21. The van der Waals surface area contributed by atoms with Crippen molar-refractivity contribution in [1.29, 1.82) is 0 Å². The Morgan fingerprint density at radius 3 is 2.29 bits per heavy atom. The number of nitro benzene ring substituents is 1. The van der Waals surface area contributed by atoms with Gasteiger partial charge < -0.3 is 0 Å². The maximum Gasteiger partial charge on any atom is 0.339 e. The van der Waals surface area contributed by atoms with Crippen LogP contribution in [0.2, 0.25) is 0 Å². The van der Waals surface area contributed by atoms with Crippen molar-refractivity contribution in [2.24, 2.45) is 0 Å². The zero-order valence-corrected chi connectivity index (χ0v) is 7.29. The molecular formula is C6H3F2NO4S. The van der Waals surface area contributed by atoms with Crippen LogP contribution in [-0.2, 0) is 10.2 Å². The number of halogens is 2. The summed E-state index contributed by atoms with van der Waals surface area (Å²) in [6.07, 6.45) is 0. The lowest BCUT2D eigenvalue weighted by Gasteiger charge is -1.97. The van der Waals surface area contributed by atoms with E-state index in [-0.39, 0.29) is 0 Å². The lowest BCUT2D eigenvalue weighted by Crippen LogP contribution is -2.01. The Labute approximate surface area is 77.3 Å². The van der Waals surface area contributed by atoms with Gasteiger partial charge in [0.05, 0.1) is 4.92 Å². The summed E-state index contributed by atoms with van der Waals surface area (Å²) in [5.41, 5.74) is -1.38. The molecule has 14 heavy (non-hydrogen) atoms. The third-order valence-corrected chi connectivity index (χ3v) is 2.25. The van der Waals surface area contributed by atoms with E-state index < -0.39 is 31.5 Å². The summed E-state index contributed by atoms with van der Waals surface area (Å²) < 4.78 is 45.9. The molecular weight excluding hydrogens is 220 g/mol. The first-order valence-corrected chi connectivity index (χ1v) is 4.60. The van der Waals surface area contributed by atoms with Crippen molar-refractivity contribution < 1.29 is 21.6 Å². The Morgan fingerprint density at radius 1 is 1.36 bits per heavy atom. The van der Waals surface area contributed by atoms with Gasteiger partial charge in [0, 0.05) is 0 Å². The van der Waals surface area contributed by atoms with E-state index >= 15 is 0 Å². The highest BCUT2D eigenvalue weighted by atomic mass is 32.3. The zero-order valence-electron chi connectivity index (χ0n) is 6.48. The highest BCUT2D eigenvalue weighted by molar-refractivity contribution is 7.86. The molecule has 8 heteroatoms. The van der Waals surface area contributed by atoms with Crippen LogP contribution in [0.4, 0.5) is 14.0 Å². The summed E-state index contributed by atoms with van der Waals surface area (Å²) in [7, 11) is -5.28. The van der Waals surface area contributed by atoms with Crippen molar-refractivity contribution in [3.05, 3.63) is 34.1 Å². The molecule has 0 amide bonds. The van der Waals surface area contributed by atoms with Gasteiger partial charge in [-0.3, -0.25) is 10.1 Å². The van der Waals surface area contributed by atoms with Gasteiger partial charge in [-0.15, -0.1) is 3.89 Å². The second-order valence-corrected chi connectivity index (χ2v) is 3.60.